The minimum absolute atomic E-state index is 0.160. The first-order valence-electron chi connectivity index (χ1n) is 7.15. The Bertz CT molecular complexity index is 727. The second-order valence-electron chi connectivity index (χ2n) is 5.03. The highest BCUT2D eigenvalue weighted by molar-refractivity contribution is 5.98. The molecule has 0 aliphatic carbocycles. The van der Waals surface area contributed by atoms with Gasteiger partial charge < -0.3 is 9.47 Å². The lowest BCUT2D eigenvalue weighted by atomic mass is 10.1. The van der Waals surface area contributed by atoms with Crippen molar-refractivity contribution in [3.63, 3.8) is 0 Å². The van der Waals surface area contributed by atoms with Gasteiger partial charge >= 0.3 is 5.97 Å². The summed E-state index contributed by atoms with van der Waals surface area (Å²) in [6, 6.07) is 1.61. The predicted molar refractivity (Wildman–Crippen MR) is 76.2 cm³/mol. The van der Waals surface area contributed by atoms with E-state index < -0.39 is 11.9 Å². The van der Waals surface area contributed by atoms with Crippen molar-refractivity contribution in [1.82, 2.24) is 14.8 Å². The van der Waals surface area contributed by atoms with Gasteiger partial charge in [0.25, 0.3) is 0 Å². The van der Waals surface area contributed by atoms with Gasteiger partial charge in [0.1, 0.15) is 11.3 Å². The average Bonchev–Trinajstić information content (AvgIpc) is 2.89. The molecule has 0 unspecified atom stereocenters. The molecular formula is C15H16FN3O3. The Morgan fingerprint density at radius 1 is 1.55 bits per heavy atom. The molecule has 0 amide bonds. The molecular weight excluding hydrogens is 289 g/mol. The van der Waals surface area contributed by atoms with Crippen molar-refractivity contribution in [2.45, 2.75) is 26.8 Å². The fourth-order valence-electron chi connectivity index (χ4n) is 2.42. The summed E-state index contributed by atoms with van der Waals surface area (Å²) >= 11 is 0. The third kappa shape index (κ3) is 2.43. The van der Waals surface area contributed by atoms with Crippen LogP contribution >= 0.6 is 0 Å². The zero-order chi connectivity index (χ0) is 15.7. The van der Waals surface area contributed by atoms with E-state index in [0.29, 0.717) is 19.0 Å². The molecule has 1 aliphatic rings. The number of carbonyl (C=O) groups excluding carboxylic acids is 1. The molecule has 7 heteroatoms. The van der Waals surface area contributed by atoms with Gasteiger partial charge in [-0.05, 0) is 25.5 Å². The van der Waals surface area contributed by atoms with E-state index in [4.69, 9.17) is 9.47 Å². The van der Waals surface area contributed by atoms with Crippen LogP contribution < -0.4 is 4.74 Å². The van der Waals surface area contributed by atoms with Gasteiger partial charge in [-0.2, -0.15) is 9.49 Å². The Balaban J connectivity index is 2.20. The maximum Gasteiger partial charge on any atom is 0.345 e. The van der Waals surface area contributed by atoms with Crippen molar-refractivity contribution in [3.8, 4) is 17.1 Å². The molecule has 6 nitrogen and oxygen atoms in total. The molecule has 0 atom stereocenters. The zero-order valence-electron chi connectivity index (χ0n) is 12.4. The second-order valence-corrected chi connectivity index (χ2v) is 5.03. The smallest absolute Gasteiger partial charge is 0.345 e. The Hall–Kier alpha value is -2.44. The fourth-order valence-corrected chi connectivity index (χ4v) is 2.42. The molecule has 2 aromatic rings. The SMILES string of the molecule is CCOC(=O)c1c(-c2cc(C)cnc2F)nn2c1OCCC2. The van der Waals surface area contributed by atoms with E-state index in [1.807, 2.05) is 0 Å². The number of pyridine rings is 1. The number of nitrogens with zero attached hydrogens (tertiary/aromatic N) is 3. The molecule has 3 rings (SSSR count). The molecule has 116 valence electrons. The van der Waals surface area contributed by atoms with Gasteiger partial charge in [0, 0.05) is 19.2 Å². The Kier molecular flexibility index (Phi) is 3.79. The van der Waals surface area contributed by atoms with Crippen LogP contribution in [0.25, 0.3) is 11.3 Å². The predicted octanol–water partition coefficient (Wildman–Crippen LogP) is 2.35. The normalized spacial score (nSPS) is 13.4. The van der Waals surface area contributed by atoms with E-state index in [1.165, 1.54) is 6.20 Å². The molecule has 0 saturated carbocycles. The highest BCUT2D eigenvalue weighted by Crippen LogP contribution is 2.34. The fraction of sp³-hybridized carbons (Fsp3) is 0.400. The molecule has 1 aliphatic heterocycles. The molecule has 0 N–H and O–H groups in total. The van der Waals surface area contributed by atoms with Crippen LogP contribution in [0.15, 0.2) is 12.3 Å². The summed E-state index contributed by atoms with van der Waals surface area (Å²) in [4.78, 5) is 16.0. The lowest BCUT2D eigenvalue weighted by Crippen LogP contribution is -2.16. The van der Waals surface area contributed by atoms with Crippen molar-refractivity contribution >= 4 is 5.97 Å². The van der Waals surface area contributed by atoms with E-state index in [9.17, 15) is 9.18 Å². The van der Waals surface area contributed by atoms with E-state index >= 15 is 0 Å². The van der Waals surface area contributed by atoms with Gasteiger partial charge in [-0.1, -0.05) is 0 Å². The summed E-state index contributed by atoms with van der Waals surface area (Å²) in [5.41, 5.74) is 1.32. The minimum Gasteiger partial charge on any atom is -0.477 e. The van der Waals surface area contributed by atoms with Crippen molar-refractivity contribution in [3.05, 3.63) is 29.3 Å². The van der Waals surface area contributed by atoms with Crippen LogP contribution in [0.3, 0.4) is 0 Å². The summed E-state index contributed by atoms with van der Waals surface area (Å²) in [5.74, 6) is -0.909. The number of carbonyl (C=O) groups is 1. The number of halogens is 1. The van der Waals surface area contributed by atoms with E-state index in [-0.39, 0.29) is 23.4 Å². The minimum atomic E-state index is -0.674. The second kappa shape index (κ2) is 5.75. The third-order valence-electron chi connectivity index (χ3n) is 3.37. The van der Waals surface area contributed by atoms with Crippen LogP contribution in [0.4, 0.5) is 4.39 Å². The van der Waals surface area contributed by atoms with Gasteiger partial charge in [0.2, 0.25) is 11.8 Å². The van der Waals surface area contributed by atoms with E-state index in [1.54, 1.807) is 24.6 Å². The van der Waals surface area contributed by atoms with E-state index in [0.717, 1.165) is 12.0 Å². The number of hydrogen-bond donors (Lipinski definition) is 0. The molecule has 0 bridgehead atoms. The topological polar surface area (TPSA) is 66.2 Å². The lowest BCUT2D eigenvalue weighted by Gasteiger charge is -2.15. The number of fused-ring (bicyclic) bond motifs is 1. The summed E-state index contributed by atoms with van der Waals surface area (Å²) < 4.78 is 26.3. The molecule has 0 spiro atoms. The zero-order valence-corrected chi connectivity index (χ0v) is 12.4. The molecule has 0 saturated heterocycles. The number of hydrogen-bond acceptors (Lipinski definition) is 5. The van der Waals surface area contributed by atoms with Gasteiger partial charge in [0.05, 0.1) is 18.8 Å². The summed E-state index contributed by atoms with van der Waals surface area (Å²) in [5, 5.41) is 4.34. The number of aryl methyl sites for hydroxylation is 2. The van der Waals surface area contributed by atoms with Crippen LogP contribution in [-0.2, 0) is 11.3 Å². The maximum absolute atomic E-state index is 14.1. The lowest BCUT2D eigenvalue weighted by molar-refractivity contribution is 0.0520. The molecule has 0 aromatic carbocycles. The maximum atomic E-state index is 14.1. The quantitative estimate of drug-likeness (QED) is 0.643. The van der Waals surface area contributed by atoms with Crippen LogP contribution in [0, 0.1) is 12.9 Å². The van der Waals surface area contributed by atoms with Crippen molar-refractivity contribution in [2.75, 3.05) is 13.2 Å². The molecule has 0 fully saturated rings. The summed E-state index contributed by atoms with van der Waals surface area (Å²) in [7, 11) is 0. The van der Waals surface area contributed by atoms with Gasteiger partial charge in [-0.15, -0.1) is 0 Å². The molecule has 3 heterocycles. The standard InChI is InChI=1S/C15H16FN3O3/c1-3-21-15(20)11-12(10-7-9(2)8-17-13(10)16)18-19-5-4-6-22-14(11)19/h7-8H,3-6H2,1-2H3. The van der Waals surface area contributed by atoms with Crippen LogP contribution in [-0.4, -0.2) is 33.9 Å². The highest BCUT2D eigenvalue weighted by atomic mass is 19.1. The average molecular weight is 305 g/mol. The molecule has 2 aromatic heterocycles. The van der Waals surface area contributed by atoms with Crippen LogP contribution in [0.2, 0.25) is 0 Å². The summed E-state index contributed by atoms with van der Waals surface area (Å²) in [6.07, 6.45) is 2.21. The first-order valence-corrected chi connectivity index (χ1v) is 7.15. The van der Waals surface area contributed by atoms with Crippen molar-refractivity contribution in [2.24, 2.45) is 0 Å². The number of esters is 1. The van der Waals surface area contributed by atoms with Crippen LogP contribution in [0.1, 0.15) is 29.3 Å². The molecule has 0 radical (unpaired) electrons. The first kappa shape index (κ1) is 14.5. The number of ether oxygens (including phenoxy) is 2. The highest BCUT2D eigenvalue weighted by Gasteiger charge is 2.30. The number of rotatable bonds is 3. The Labute approximate surface area is 126 Å². The van der Waals surface area contributed by atoms with Crippen molar-refractivity contribution in [1.29, 1.82) is 0 Å². The largest absolute Gasteiger partial charge is 0.477 e. The summed E-state index contributed by atoms with van der Waals surface area (Å²) in [6.45, 7) is 4.84. The van der Waals surface area contributed by atoms with Gasteiger partial charge in [0.15, 0.2) is 0 Å². The molecule has 22 heavy (non-hydrogen) atoms. The number of aromatic nitrogens is 3. The van der Waals surface area contributed by atoms with Crippen molar-refractivity contribution < 1.29 is 18.7 Å². The Morgan fingerprint density at radius 2 is 2.36 bits per heavy atom. The van der Waals surface area contributed by atoms with Gasteiger partial charge in [-0.25, -0.2) is 14.5 Å². The third-order valence-corrected chi connectivity index (χ3v) is 3.37. The van der Waals surface area contributed by atoms with Crippen LogP contribution in [0.5, 0.6) is 5.88 Å². The van der Waals surface area contributed by atoms with E-state index in [2.05, 4.69) is 10.1 Å². The monoisotopic (exact) mass is 305 g/mol. The van der Waals surface area contributed by atoms with Gasteiger partial charge in [-0.3, -0.25) is 0 Å². The Morgan fingerprint density at radius 3 is 3.14 bits per heavy atom. The first-order chi connectivity index (χ1) is 10.6.